The fourth-order valence-electron chi connectivity index (χ4n) is 1.94. The largest absolute Gasteiger partial charge is 0.469 e. The first-order valence-corrected chi connectivity index (χ1v) is 5.53. The molecule has 0 spiro atoms. The molecule has 1 aromatic heterocycles. The van der Waals surface area contributed by atoms with E-state index >= 15 is 0 Å². The summed E-state index contributed by atoms with van der Waals surface area (Å²) in [7, 11) is 1.42. The number of hydrogen-bond donors (Lipinski definition) is 0. The van der Waals surface area contributed by atoms with Gasteiger partial charge in [-0.2, -0.15) is 0 Å². The molecule has 2 rings (SSSR count). The van der Waals surface area contributed by atoms with Crippen LogP contribution in [0.3, 0.4) is 0 Å². The minimum atomic E-state index is -0.136. The normalized spacial score (nSPS) is 19.9. The van der Waals surface area contributed by atoms with Gasteiger partial charge in [-0.1, -0.05) is 11.6 Å². The van der Waals surface area contributed by atoms with E-state index in [1.54, 1.807) is 12.3 Å². The van der Waals surface area contributed by atoms with Gasteiger partial charge >= 0.3 is 5.97 Å². The number of carbonyl (C=O) groups is 1. The lowest BCUT2D eigenvalue weighted by molar-refractivity contribution is -0.144. The van der Waals surface area contributed by atoms with Crippen molar-refractivity contribution in [1.29, 1.82) is 0 Å². The van der Waals surface area contributed by atoms with Gasteiger partial charge in [0.05, 0.1) is 13.0 Å². The predicted molar refractivity (Wildman–Crippen MR) is 61.6 cm³/mol. The van der Waals surface area contributed by atoms with Gasteiger partial charge in [-0.25, -0.2) is 4.98 Å². The molecule has 0 aliphatic carbocycles. The summed E-state index contributed by atoms with van der Waals surface area (Å²) >= 11 is 5.82. The first-order chi connectivity index (χ1) is 7.70. The Morgan fingerprint density at radius 1 is 1.69 bits per heavy atom. The van der Waals surface area contributed by atoms with Gasteiger partial charge in [0.2, 0.25) is 0 Å². The second-order valence-electron chi connectivity index (χ2n) is 3.79. The van der Waals surface area contributed by atoms with Crippen molar-refractivity contribution in [3.05, 3.63) is 23.5 Å². The monoisotopic (exact) mass is 240 g/mol. The second-order valence-corrected chi connectivity index (χ2v) is 4.18. The summed E-state index contributed by atoms with van der Waals surface area (Å²) in [6.07, 6.45) is 2.50. The number of pyridine rings is 1. The van der Waals surface area contributed by atoms with Crippen molar-refractivity contribution in [3.63, 3.8) is 0 Å². The van der Waals surface area contributed by atoms with Crippen molar-refractivity contribution in [3.8, 4) is 0 Å². The minimum Gasteiger partial charge on any atom is -0.469 e. The van der Waals surface area contributed by atoms with Crippen LogP contribution in [0.4, 0.5) is 5.69 Å². The maximum absolute atomic E-state index is 11.4. The summed E-state index contributed by atoms with van der Waals surface area (Å²) < 4.78 is 4.74. The van der Waals surface area contributed by atoms with Crippen LogP contribution in [0.5, 0.6) is 0 Å². The molecule has 1 unspecified atom stereocenters. The molecule has 0 bridgehead atoms. The number of aromatic nitrogens is 1. The van der Waals surface area contributed by atoms with E-state index in [1.165, 1.54) is 7.11 Å². The van der Waals surface area contributed by atoms with Gasteiger partial charge in [0.1, 0.15) is 5.15 Å². The van der Waals surface area contributed by atoms with Gasteiger partial charge in [-0.3, -0.25) is 4.79 Å². The maximum Gasteiger partial charge on any atom is 0.310 e. The van der Waals surface area contributed by atoms with E-state index in [0.717, 1.165) is 18.7 Å². The highest BCUT2D eigenvalue weighted by molar-refractivity contribution is 6.29. The minimum absolute atomic E-state index is 0.0306. The Bertz CT molecular complexity index is 397. The molecule has 0 radical (unpaired) electrons. The highest BCUT2D eigenvalue weighted by Gasteiger charge is 2.29. The Labute approximate surface area is 99.2 Å². The predicted octanol–water partition coefficient (Wildman–Crippen LogP) is 1.73. The van der Waals surface area contributed by atoms with E-state index in [2.05, 4.69) is 9.88 Å². The summed E-state index contributed by atoms with van der Waals surface area (Å²) in [6.45, 7) is 1.53. The number of nitrogens with zero attached hydrogens (tertiary/aromatic N) is 2. The van der Waals surface area contributed by atoms with Crippen LogP contribution in [0.15, 0.2) is 18.3 Å². The first-order valence-electron chi connectivity index (χ1n) is 5.15. The zero-order chi connectivity index (χ0) is 11.5. The Morgan fingerprint density at radius 3 is 3.19 bits per heavy atom. The summed E-state index contributed by atoms with van der Waals surface area (Å²) in [5.41, 5.74) is 1.01. The number of ether oxygens (including phenoxy) is 1. The Kier molecular flexibility index (Phi) is 3.29. The zero-order valence-electron chi connectivity index (χ0n) is 9.02. The van der Waals surface area contributed by atoms with Gasteiger partial charge in [0.15, 0.2) is 0 Å². The van der Waals surface area contributed by atoms with Gasteiger partial charge in [-0.15, -0.1) is 0 Å². The summed E-state index contributed by atoms with van der Waals surface area (Å²) in [5.74, 6) is -0.167. The van der Waals surface area contributed by atoms with Crippen molar-refractivity contribution in [2.45, 2.75) is 6.42 Å². The summed E-state index contributed by atoms with van der Waals surface area (Å²) in [4.78, 5) is 17.4. The van der Waals surface area contributed by atoms with Crippen LogP contribution < -0.4 is 4.90 Å². The summed E-state index contributed by atoms with van der Waals surface area (Å²) in [6, 6.07) is 3.70. The lowest BCUT2D eigenvalue weighted by Crippen LogP contribution is -2.23. The number of methoxy groups -OCH3 is 1. The van der Waals surface area contributed by atoms with Crippen LogP contribution in [0.1, 0.15) is 6.42 Å². The van der Waals surface area contributed by atoms with E-state index in [0.29, 0.717) is 11.7 Å². The van der Waals surface area contributed by atoms with Crippen LogP contribution in [0.25, 0.3) is 0 Å². The number of rotatable bonds is 2. The topological polar surface area (TPSA) is 42.4 Å². The van der Waals surface area contributed by atoms with E-state index in [1.807, 2.05) is 6.07 Å². The lowest BCUT2D eigenvalue weighted by atomic mass is 10.1. The molecule has 1 aliphatic rings. The molecule has 2 heterocycles. The Hall–Kier alpha value is -1.29. The lowest BCUT2D eigenvalue weighted by Gasteiger charge is -2.17. The van der Waals surface area contributed by atoms with Crippen LogP contribution in [0, 0.1) is 5.92 Å². The number of hydrogen-bond acceptors (Lipinski definition) is 4. The standard InChI is InChI=1S/C11H13ClN2O2/c1-16-11(15)8-3-5-14(7-8)9-2-4-13-10(12)6-9/h2,4,6,8H,3,5,7H2,1H3. The fourth-order valence-corrected chi connectivity index (χ4v) is 2.11. The van der Waals surface area contributed by atoms with E-state index < -0.39 is 0 Å². The molecular formula is C11H13ClN2O2. The van der Waals surface area contributed by atoms with Crippen molar-refractivity contribution >= 4 is 23.3 Å². The average molecular weight is 241 g/mol. The van der Waals surface area contributed by atoms with E-state index in [9.17, 15) is 4.79 Å². The molecule has 5 heteroatoms. The maximum atomic E-state index is 11.4. The molecule has 4 nitrogen and oxygen atoms in total. The molecule has 0 aromatic carbocycles. The van der Waals surface area contributed by atoms with Crippen molar-refractivity contribution in [2.75, 3.05) is 25.1 Å². The van der Waals surface area contributed by atoms with Gasteiger partial charge < -0.3 is 9.64 Å². The smallest absolute Gasteiger partial charge is 0.310 e. The number of anilines is 1. The van der Waals surface area contributed by atoms with Crippen LogP contribution >= 0.6 is 11.6 Å². The van der Waals surface area contributed by atoms with Crippen LogP contribution in [-0.2, 0) is 9.53 Å². The van der Waals surface area contributed by atoms with E-state index in [4.69, 9.17) is 16.3 Å². The summed E-state index contributed by atoms with van der Waals surface area (Å²) in [5, 5.41) is 0.471. The van der Waals surface area contributed by atoms with Crippen molar-refractivity contribution in [1.82, 2.24) is 4.98 Å². The molecule has 1 fully saturated rings. The molecule has 86 valence electrons. The molecular weight excluding hydrogens is 228 g/mol. The van der Waals surface area contributed by atoms with Crippen molar-refractivity contribution < 1.29 is 9.53 Å². The molecule has 0 saturated carbocycles. The van der Waals surface area contributed by atoms with Gasteiger partial charge in [-0.05, 0) is 18.6 Å². The average Bonchev–Trinajstić information content (AvgIpc) is 2.77. The molecule has 1 aromatic rings. The molecule has 0 amide bonds. The number of carbonyl (C=O) groups excluding carboxylic acids is 1. The molecule has 16 heavy (non-hydrogen) atoms. The number of halogens is 1. The molecule has 1 atom stereocenters. The fraction of sp³-hybridized carbons (Fsp3) is 0.455. The Balaban J connectivity index is 2.06. The number of esters is 1. The van der Waals surface area contributed by atoms with E-state index in [-0.39, 0.29) is 11.9 Å². The highest BCUT2D eigenvalue weighted by atomic mass is 35.5. The Morgan fingerprint density at radius 2 is 2.50 bits per heavy atom. The third-order valence-electron chi connectivity index (χ3n) is 2.80. The third-order valence-corrected chi connectivity index (χ3v) is 3.00. The highest BCUT2D eigenvalue weighted by Crippen LogP contribution is 2.25. The molecule has 1 aliphatic heterocycles. The van der Waals surface area contributed by atoms with Crippen molar-refractivity contribution in [2.24, 2.45) is 5.92 Å². The molecule has 1 saturated heterocycles. The SMILES string of the molecule is COC(=O)C1CCN(c2ccnc(Cl)c2)C1. The van der Waals surface area contributed by atoms with Crippen LogP contribution in [-0.4, -0.2) is 31.2 Å². The zero-order valence-corrected chi connectivity index (χ0v) is 9.78. The quantitative estimate of drug-likeness (QED) is 0.583. The van der Waals surface area contributed by atoms with Crippen LogP contribution in [0.2, 0.25) is 5.15 Å². The third kappa shape index (κ3) is 2.27. The molecule has 0 N–H and O–H groups in total. The second kappa shape index (κ2) is 4.70. The van der Waals surface area contributed by atoms with Gasteiger partial charge in [0.25, 0.3) is 0 Å². The van der Waals surface area contributed by atoms with Gasteiger partial charge in [0, 0.05) is 25.0 Å². The first kappa shape index (κ1) is 11.2.